The molecule has 1 aromatic carbocycles. The number of anilines is 1. The second kappa shape index (κ2) is 6.38. The van der Waals surface area contributed by atoms with Crippen LogP contribution in [0.1, 0.15) is 11.8 Å². The fourth-order valence-corrected chi connectivity index (χ4v) is 2.60. The summed E-state index contributed by atoms with van der Waals surface area (Å²) in [6.45, 7) is 4.44. The van der Waals surface area contributed by atoms with Crippen LogP contribution in [0.5, 0.6) is 5.75 Å². The molecular weight excluding hydrogens is 274 g/mol. The van der Waals surface area contributed by atoms with E-state index < -0.39 is 0 Å². The molecule has 1 aromatic heterocycles. The van der Waals surface area contributed by atoms with Crippen molar-refractivity contribution in [2.24, 2.45) is 0 Å². The number of thiazole rings is 1. The summed E-state index contributed by atoms with van der Waals surface area (Å²) in [4.78, 5) is 17.0. The van der Waals surface area contributed by atoms with E-state index in [1.54, 1.807) is 7.11 Å². The van der Waals surface area contributed by atoms with Gasteiger partial charge < -0.3 is 10.1 Å². The summed E-state index contributed by atoms with van der Waals surface area (Å²) in [5.74, 6) is 0.808. The van der Waals surface area contributed by atoms with Gasteiger partial charge in [-0.05, 0) is 38.1 Å². The Morgan fingerprint density at radius 2 is 2.05 bits per heavy atom. The lowest BCUT2D eigenvalue weighted by molar-refractivity contribution is 0.252. The van der Waals surface area contributed by atoms with Gasteiger partial charge in [-0.3, -0.25) is 5.32 Å². The van der Waals surface area contributed by atoms with E-state index in [1.165, 1.54) is 11.3 Å². The molecule has 0 bridgehead atoms. The fraction of sp³-hybridized carbons (Fsp3) is 0.286. The number of nitrogens with one attached hydrogen (secondary N) is 2. The van der Waals surface area contributed by atoms with Crippen LogP contribution in [0, 0.1) is 6.92 Å². The van der Waals surface area contributed by atoms with Crippen LogP contribution in [0.25, 0.3) is 11.3 Å². The van der Waals surface area contributed by atoms with Crippen molar-refractivity contribution in [3.8, 4) is 17.0 Å². The first kappa shape index (κ1) is 14.3. The first-order valence-corrected chi connectivity index (χ1v) is 7.12. The Hall–Kier alpha value is -2.08. The van der Waals surface area contributed by atoms with Gasteiger partial charge in [-0.25, -0.2) is 9.78 Å². The number of methoxy groups -OCH3 is 1. The van der Waals surface area contributed by atoms with Gasteiger partial charge in [0.15, 0.2) is 5.13 Å². The van der Waals surface area contributed by atoms with Crippen molar-refractivity contribution in [3.63, 3.8) is 0 Å². The molecule has 20 heavy (non-hydrogen) atoms. The minimum atomic E-state index is -0.234. The van der Waals surface area contributed by atoms with Crippen molar-refractivity contribution in [1.82, 2.24) is 10.3 Å². The van der Waals surface area contributed by atoms with E-state index in [2.05, 4.69) is 15.6 Å². The molecule has 6 heteroatoms. The largest absolute Gasteiger partial charge is 0.497 e. The molecule has 0 spiro atoms. The molecule has 0 aliphatic carbocycles. The van der Waals surface area contributed by atoms with Gasteiger partial charge in [0, 0.05) is 17.0 Å². The van der Waals surface area contributed by atoms with Gasteiger partial charge in [0.1, 0.15) is 5.75 Å². The third-order valence-electron chi connectivity index (χ3n) is 2.72. The fourth-order valence-electron chi connectivity index (χ4n) is 1.77. The topological polar surface area (TPSA) is 63.2 Å². The normalized spacial score (nSPS) is 10.2. The summed E-state index contributed by atoms with van der Waals surface area (Å²) >= 11 is 1.46. The zero-order valence-corrected chi connectivity index (χ0v) is 12.5. The SMILES string of the molecule is CCNC(=O)Nc1nc(-c2ccc(OC)cc2)c(C)s1. The maximum absolute atomic E-state index is 11.5. The lowest BCUT2D eigenvalue weighted by atomic mass is 10.1. The molecule has 106 valence electrons. The smallest absolute Gasteiger partial charge is 0.321 e. The number of rotatable bonds is 4. The first-order chi connectivity index (χ1) is 9.63. The molecule has 1 heterocycles. The predicted octanol–water partition coefficient (Wildman–Crippen LogP) is 3.27. The Morgan fingerprint density at radius 3 is 2.65 bits per heavy atom. The molecule has 0 unspecified atom stereocenters. The number of aromatic nitrogens is 1. The van der Waals surface area contributed by atoms with E-state index in [-0.39, 0.29) is 6.03 Å². The molecule has 5 nitrogen and oxygen atoms in total. The van der Waals surface area contributed by atoms with Crippen molar-refractivity contribution in [1.29, 1.82) is 0 Å². The van der Waals surface area contributed by atoms with Crippen LogP contribution in [-0.2, 0) is 0 Å². The average Bonchev–Trinajstić information content (AvgIpc) is 2.80. The number of amides is 2. The molecule has 0 atom stereocenters. The minimum absolute atomic E-state index is 0.234. The van der Waals surface area contributed by atoms with E-state index in [4.69, 9.17) is 4.74 Å². The number of hydrogen-bond acceptors (Lipinski definition) is 4. The lowest BCUT2D eigenvalue weighted by Gasteiger charge is -2.02. The second-order valence-electron chi connectivity index (χ2n) is 4.14. The molecule has 0 aliphatic heterocycles. The van der Waals surface area contributed by atoms with Crippen LogP contribution in [-0.4, -0.2) is 24.7 Å². The summed E-state index contributed by atoms with van der Waals surface area (Å²) in [5, 5.41) is 6.00. The highest BCUT2D eigenvalue weighted by Crippen LogP contribution is 2.31. The highest BCUT2D eigenvalue weighted by atomic mass is 32.1. The van der Waals surface area contributed by atoms with Gasteiger partial charge in [-0.1, -0.05) is 0 Å². The number of aryl methyl sites for hydroxylation is 1. The van der Waals surface area contributed by atoms with Crippen molar-refractivity contribution < 1.29 is 9.53 Å². The Labute approximate surface area is 122 Å². The van der Waals surface area contributed by atoms with Gasteiger partial charge in [0.25, 0.3) is 0 Å². The van der Waals surface area contributed by atoms with E-state index in [0.29, 0.717) is 11.7 Å². The average molecular weight is 291 g/mol. The van der Waals surface area contributed by atoms with E-state index in [0.717, 1.165) is 21.9 Å². The summed E-state index contributed by atoms with van der Waals surface area (Å²) in [6.07, 6.45) is 0. The molecule has 2 aromatic rings. The Bertz CT molecular complexity index is 593. The number of carbonyl (C=O) groups excluding carboxylic acids is 1. The zero-order chi connectivity index (χ0) is 14.5. The maximum atomic E-state index is 11.5. The quantitative estimate of drug-likeness (QED) is 0.908. The molecular formula is C14H17N3O2S. The van der Waals surface area contributed by atoms with E-state index >= 15 is 0 Å². The van der Waals surface area contributed by atoms with Gasteiger partial charge in [-0.15, -0.1) is 11.3 Å². The minimum Gasteiger partial charge on any atom is -0.497 e. The third kappa shape index (κ3) is 3.27. The molecule has 0 fully saturated rings. The molecule has 0 aliphatic rings. The molecule has 0 radical (unpaired) electrons. The summed E-state index contributed by atoms with van der Waals surface area (Å²) < 4.78 is 5.14. The summed E-state index contributed by atoms with van der Waals surface area (Å²) in [6, 6.07) is 7.46. The number of ether oxygens (including phenoxy) is 1. The van der Waals surface area contributed by atoms with Crippen molar-refractivity contribution >= 4 is 22.5 Å². The number of benzene rings is 1. The van der Waals surface area contributed by atoms with Crippen LogP contribution in [0.2, 0.25) is 0 Å². The van der Waals surface area contributed by atoms with Gasteiger partial charge in [0.2, 0.25) is 0 Å². The Kier molecular flexibility index (Phi) is 4.57. The molecule has 2 N–H and O–H groups in total. The van der Waals surface area contributed by atoms with Gasteiger partial charge in [-0.2, -0.15) is 0 Å². The van der Waals surface area contributed by atoms with Gasteiger partial charge >= 0.3 is 6.03 Å². The highest BCUT2D eigenvalue weighted by molar-refractivity contribution is 7.16. The van der Waals surface area contributed by atoms with Gasteiger partial charge in [0.05, 0.1) is 12.8 Å². The van der Waals surface area contributed by atoms with Crippen molar-refractivity contribution in [2.75, 3.05) is 19.0 Å². The number of nitrogens with zero attached hydrogens (tertiary/aromatic N) is 1. The summed E-state index contributed by atoms with van der Waals surface area (Å²) in [5.41, 5.74) is 1.88. The predicted molar refractivity (Wildman–Crippen MR) is 81.5 cm³/mol. The highest BCUT2D eigenvalue weighted by Gasteiger charge is 2.11. The third-order valence-corrected chi connectivity index (χ3v) is 3.60. The molecule has 0 saturated heterocycles. The molecule has 2 rings (SSSR count). The van der Waals surface area contributed by atoms with Crippen LogP contribution in [0.4, 0.5) is 9.93 Å². The van der Waals surface area contributed by atoms with Crippen LogP contribution in [0.3, 0.4) is 0 Å². The van der Waals surface area contributed by atoms with Crippen molar-refractivity contribution in [3.05, 3.63) is 29.1 Å². The molecule has 0 saturated carbocycles. The van der Waals surface area contributed by atoms with E-state index in [1.807, 2.05) is 38.1 Å². The number of hydrogen-bond donors (Lipinski definition) is 2. The first-order valence-electron chi connectivity index (χ1n) is 6.30. The number of carbonyl (C=O) groups is 1. The monoisotopic (exact) mass is 291 g/mol. The van der Waals surface area contributed by atoms with Crippen LogP contribution < -0.4 is 15.4 Å². The zero-order valence-electron chi connectivity index (χ0n) is 11.7. The van der Waals surface area contributed by atoms with Crippen molar-refractivity contribution in [2.45, 2.75) is 13.8 Å². The van der Waals surface area contributed by atoms with Crippen LogP contribution >= 0.6 is 11.3 Å². The maximum Gasteiger partial charge on any atom is 0.321 e. The Morgan fingerprint density at radius 1 is 1.35 bits per heavy atom. The Balaban J connectivity index is 2.19. The lowest BCUT2D eigenvalue weighted by Crippen LogP contribution is -2.28. The summed E-state index contributed by atoms with van der Waals surface area (Å²) in [7, 11) is 1.64. The van der Waals surface area contributed by atoms with Crippen LogP contribution in [0.15, 0.2) is 24.3 Å². The molecule has 2 amide bonds. The second-order valence-corrected chi connectivity index (χ2v) is 5.34. The van der Waals surface area contributed by atoms with E-state index in [9.17, 15) is 4.79 Å². The number of urea groups is 1. The standard InChI is InChI=1S/C14H17N3O2S/c1-4-15-13(18)17-14-16-12(9(2)20-14)10-5-7-11(19-3)8-6-10/h5-8H,4H2,1-3H3,(H2,15,16,17,18).